The first-order valence-corrected chi connectivity index (χ1v) is 8.52. The fraction of sp³-hybridized carbons (Fsp3) is 0.294. The fourth-order valence-electron chi connectivity index (χ4n) is 2.52. The van der Waals surface area contributed by atoms with Gasteiger partial charge < -0.3 is 4.52 Å². The highest BCUT2D eigenvalue weighted by Gasteiger charge is 2.29. The zero-order valence-corrected chi connectivity index (χ0v) is 13.2. The van der Waals surface area contributed by atoms with Gasteiger partial charge in [0.1, 0.15) is 5.82 Å². The molecule has 2 heterocycles. The summed E-state index contributed by atoms with van der Waals surface area (Å²) in [4.78, 5) is 5.61. The van der Waals surface area contributed by atoms with Crippen LogP contribution in [0.2, 0.25) is 0 Å². The van der Waals surface area contributed by atoms with E-state index in [0.29, 0.717) is 18.3 Å². The summed E-state index contributed by atoms with van der Waals surface area (Å²) in [6, 6.07) is 10.6. The molecule has 4 nitrogen and oxygen atoms in total. The van der Waals surface area contributed by atoms with Crippen molar-refractivity contribution in [2.75, 3.05) is 0 Å². The number of thiophene rings is 1. The van der Waals surface area contributed by atoms with E-state index in [2.05, 4.69) is 21.5 Å². The van der Waals surface area contributed by atoms with E-state index in [4.69, 9.17) is 4.52 Å². The molecule has 1 aliphatic carbocycles. The van der Waals surface area contributed by atoms with Crippen molar-refractivity contribution < 1.29 is 8.91 Å². The van der Waals surface area contributed by atoms with Gasteiger partial charge in [0.25, 0.3) is 0 Å². The van der Waals surface area contributed by atoms with Gasteiger partial charge in [-0.05, 0) is 42.0 Å². The third-order valence-electron chi connectivity index (χ3n) is 3.91. The lowest BCUT2D eigenvalue weighted by molar-refractivity contribution is 0.372. The van der Waals surface area contributed by atoms with Crippen LogP contribution in [0.15, 0.2) is 46.3 Å². The number of nitrogens with one attached hydrogen (secondary N) is 1. The van der Waals surface area contributed by atoms with Gasteiger partial charge in [0, 0.05) is 10.8 Å². The van der Waals surface area contributed by atoms with E-state index in [-0.39, 0.29) is 11.9 Å². The fourth-order valence-corrected chi connectivity index (χ4v) is 3.35. The molecule has 1 aliphatic rings. The van der Waals surface area contributed by atoms with Gasteiger partial charge in [-0.25, -0.2) is 4.39 Å². The Hall–Kier alpha value is -2.05. The maximum absolute atomic E-state index is 13.2. The van der Waals surface area contributed by atoms with E-state index in [1.807, 2.05) is 11.4 Å². The maximum Gasteiger partial charge on any atom is 0.229 e. The molecule has 3 aromatic rings. The smallest absolute Gasteiger partial charge is 0.229 e. The Kier molecular flexibility index (Phi) is 3.93. The van der Waals surface area contributed by atoms with E-state index < -0.39 is 0 Å². The summed E-state index contributed by atoms with van der Waals surface area (Å²) in [6.45, 7) is 0.510. The number of benzene rings is 1. The molecule has 0 aliphatic heterocycles. The van der Waals surface area contributed by atoms with Crippen LogP contribution in [0.4, 0.5) is 4.39 Å². The minimum absolute atomic E-state index is 0.0153. The highest BCUT2D eigenvalue weighted by atomic mass is 32.1. The Balaban J connectivity index is 1.51. The molecule has 0 unspecified atom stereocenters. The molecule has 4 rings (SSSR count). The van der Waals surface area contributed by atoms with E-state index in [1.165, 1.54) is 17.0 Å². The number of rotatable bonds is 6. The second kappa shape index (κ2) is 6.22. The van der Waals surface area contributed by atoms with Crippen LogP contribution in [0.3, 0.4) is 0 Å². The molecule has 1 N–H and O–H groups in total. The minimum Gasteiger partial charge on any atom is -0.339 e. The molecule has 1 aromatic carbocycles. The van der Waals surface area contributed by atoms with Gasteiger partial charge >= 0.3 is 0 Å². The Labute approximate surface area is 137 Å². The predicted octanol–water partition coefficient (Wildman–Crippen LogP) is 4.03. The van der Waals surface area contributed by atoms with Gasteiger partial charge in [-0.1, -0.05) is 23.4 Å². The van der Waals surface area contributed by atoms with Gasteiger partial charge in [0.15, 0.2) is 5.82 Å². The van der Waals surface area contributed by atoms with Crippen LogP contribution < -0.4 is 5.32 Å². The molecule has 6 heteroatoms. The SMILES string of the molecule is Fc1ccc([C@@H](NCc2noc(C3CC3)n2)c2cccs2)cc1. The molecule has 0 saturated heterocycles. The zero-order valence-electron chi connectivity index (χ0n) is 12.4. The molecule has 1 saturated carbocycles. The van der Waals surface area contributed by atoms with E-state index in [9.17, 15) is 4.39 Å². The molecule has 2 aromatic heterocycles. The van der Waals surface area contributed by atoms with Crippen LogP contribution >= 0.6 is 11.3 Å². The van der Waals surface area contributed by atoms with Gasteiger partial charge in [0.2, 0.25) is 5.89 Å². The van der Waals surface area contributed by atoms with E-state index >= 15 is 0 Å². The van der Waals surface area contributed by atoms with Crippen molar-refractivity contribution in [1.82, 2.24) is 15.5 Å². The lowest BCUT2D eigenvalue weighted by Gasteiger charge is -2.17. The molecule has 1 fully saturated rings. The molecule has 1 atom stereocenters. The summed E-state index contributed by atoms with van der Waals surface area (Å²) < 4.78 is 18.5. The zero-order chi connectivity index (χ0) is 15.6. The van der Waals surface area contributed by atoms with E-state index in [1.54, 1.807) is 23.5 Å². The quantitative estimate of drug-likeness (QED) is 0.742. The van der Waals surface area contributed by atoms with Crippen molar-refractivity contribution in [3.05, 3.63) is 69.8 Å². The summed E-state index contributed by atoms with van der Waals surface area (Å²) in [5.74, 6) is 1.64. The molecule has 0 spiro atoms. The van der Waals surface area contributed by atoms with Gasteiger partial charge in [-0.2, -0.15) is 4.98 Å². The van der Waals surface area contributed by atoms with Crippen LogP contribution in [0.5, 0.6) is 0 Å². The Bertz CT molecular complexity index is 766. The topological polar surface area (TPSA) is 51.0 Å². The van der Waals surface area contributed by atoms with Crippen LogP contribution in [0.1, 0.15) is 47.0 Å². The second-order valence-electron chi connectivity index (χ2n) is 5.70. The van der Waals surface area contributed by atoms with Crippen molar-refractivity contribution >= 4 is 11.3 Å². The molecule has 118 valence electrons. The average molecular weight is 329 g/mol. The van der Waals surface area contributed by atoms with Crippen LogP contribution in [-0.4, -0.2) is 10.1 Å². The van der Waals surface area contributed by atoms with Gasteiger partial charge in [0.05, 0.1) is 12.6 Å². The number of hydrogen-bond donors (Lipinski definition) is 1. The first kappa shape index (κ1) is 14.5. The van der Waals surface area contributed by atoms with E-state index in [0.717, 1.165) is 24.3 Å². The van der Waals surface area contributed by atoms with Crippen LogP contribution in [0, 0.1) is 5.82 Å². The molecule has 0 radical (unpaired) electrons. The number of aromatic nitrogens is 2. The van der Waals surface area contributed by atoms with Gasteiger partial charge in [-0.15, -0.1) is 11.3 Å². The summed E-state index contributed by atoms with van der Waals surface area (Å²) >= 11 is 1.66. The van der Waals surface area contributed by atoms with Gasteiger partial charge in [-0.3, -0.25) is 5.32 Å². The predicted molar refractivity (Wildman–Crippen MR) is 85.7 cm³/mol. The normalized spacial score (nSPS) is 15.7. The summed E-state index contributed by atoms with van der Waals surface area (Å²) in [5, 5.41) is 9.52. The summed E-state index contributed by atoms with van der Waals surface area (Å²) in [5.41, 5.74) is 1.01. The first-order chi connectivity index (χ1) is 11.3. The molecular formula is C17H16FN3OS. The largest absolute Gasteiger partial charge is 0.339 e. The minimum atomic E-state index is -0.231. The third-order valence-corrected chi connectivity index (χ3v) is 4.84. The highest BCUT2D eigenvalue weighted by molar-refractivity contribution is 7.10. The Morgan fingerprint density at radius 1 is 1.26 bits per heavy atom. The molecule has 0 amide bonds. The lowest BCUT2D eigenvalue weighted by Crippen LogP contribution is -2.21. The monoisotopic (exact) mass is 329 g/mol. The van der Waals surface area contributed by atoms with Crippen molar-refractivity contribution in [3.8, 4) is 0 Å². The van der Waals surface area contributed by atoms with Crippen molar-refractivity contribution in [2.45, 2.75) is 31.3 Å². The van der Waals surface area contributed by atoms with Crippen molar-refractivity contribution in [3.63, 3.8) is 0 Å². The third kappa shape index (κ3) is 3.33. The summed E-state index contributed by atoms with van der Waals surface area (Å²) in [7, 11) is 0. The first-order valence-electron chi connectivity index (χ1n) is 7.64. The number of hydrogen-bond acceptors (Lipinski definition) is 5. The Morgan fingerprint density at radius 3 is 2.78 bits per heavy atom. The molecular weight excluding hydrogens is 313 g/mol. The van der Waals surface area contributed by atoms with Crippen LogP contribution in [-0.2, 0) is 6.54 Å². The second-order valence-corrected chi connectivity index (χ2v) is 6.68. The standard InChI is InChI=1S/C17H16FN3OS/c18-13-7-5-11(6-8-13)16(14-2-1-9-23-14)19-10-15-20-17(22-21-15)12-3-4-12/h1-2,5-9,12,16,19H,3-4,10H2/t16-/m1/s1. The van der Waals surface area contributed by atoms with Crippen molar-refractivity contribution in [2.24, 2.45) is 0 Å². The highest BCUT2D eigenvalue weighted by Crippen LogP contribution is 2.38. The maximum atomic E-state index is 13.2. The number of halogens is 1. The Morgan fingerprint density at radius 2 is 2.09 bits per heavy atom. The lowest BCUT2D eigenvalue weighted by atomic mass is 10.1. The summed E-state index contributed by atoms with van der Waals surface area (Å²) in [6.07, 6.45) is 2.28. The molecule has 23 heavy (non-hydrogen) atoms. The van der Waals surface area contributed by atoms with Crippen molar-refractivity contribution in [1.29, 1.82) is 0 Å². The van der Waals surface area contributed by atoms with Crippen LogP contribution in [0.25, 0.3) is 0 Å². The average Bonchev–Trinajstić information content (AvgIpc) is 3.08. The molecule has 0 bridgehead atoms. The number of nitrogens with zero attached hydrogens (tertiary/aromatic N) is 2.